The second kappa shape index (κ2) is 21.9. The number of hydrogen-bond acceptors (Lipinski definition) is 6. The molecule has 10 rings (SSSR count). The fourth-order valence-electron chi connectivity index (χ4n) is 10.0. The van der Waals surface area contributed by atoms with Gasteiger partial charge in [0.2, 0.25) is 0 Å². The lowest BCUT2D eigenvalue weighted by Gasteiger charge is -2.38. The average molecular weight is 932 g/mol. The van der Waals surface area contributed by atoms with Gasteiger partial charge < -0.3 is 19.7 Å². The van der Waals surface area contributed by atoms with Crippen molar-refractivity contribution in [1.82, 2.24) is 10.2 Å². The Kier molecular flexibility index (Phi) is 15.6. The van der Waals surface area contributed by atoms with Crippen LogP contribution in [0.1, 0.15) is 117 Å². The minimum atomic E-state index is -0.477. The summed E-state index contributed by atoms with van der Waals surface area (Å²) < 4.78 is 64.3. The Morgan fingerprint density at radius 3 is 1.25 bits per heavy atom. The molecule has 4 aliphatic rings. The van der Waals surface area contributed by atoms with E-state index >= 15 is 0 Å². The number of rotatable bonds is 11. The molecule has 2 spiro atoms. The number of esters is 2. The van der Waals surface area contributed by atoms with Gasteiger partial charge in [0.15, 0.2) is 0 Å². The highest BCUT2D eigenvalue weighted by atomic mass is 35.5. The Hall–Kier alpha value is -5.81. The van der Waals surface area contributed by atoms with Crippen molar-refractivity contribution in [2.75, 3.05) is 38.6 Å². The van der Waals surface area contributed by atoms with E-state index in [0.29, 0.717) is 11.4 Å². The summed E-state index contributed by atoms with van der Waals surface area (Å²) >= 11 is 5.75. The molecule has 0 amide bonds. The van der Waals surface area contributed by atoms with Gasteiger partial charge in [0.1, 0.15) is 34.5 Å². The number of likely N-dealkylation sites (tertiary alicyclic amines) is 1. The van der Waals surface area contributed by atoms with Crippen LogP contribution in [0.15, 0.2) is 146 Å². The molecule has 0 saturated carbocycles. The number of carbonyl (C=O) groups excluding carboxylic acids is 2. The molecular formula is C56H55ClF4N2O4. The van der Waals surface area contributed by atoms with Crippen LogP contribution in [0.2, 0.25) is 0 Å². The van der Waals surface area contributed by atoms with Crippen LogP contribution in [-0.4, -0.2) is 55.4 Å². The Bertz CT molecular complexity index is 2490. The van der Waals surface area contributed by atoms with Crippen LogP contribution in [0.25, 0.3) is 0 Å². The van der Waals surface area contributed by atoms with Gasteiger partial charge in [-0.25, -0.2) is 27.2 Å². The fourth-order valence-corrected chi connectivity index (χ4v) is 10.2. The van der Waals surface area contributed by atoms with Crippen molar-refractivity contribution in [2.45, 2.75) is 74.4 Å². The summed E-state index contributed by atoms with van der Waals surface area (Å²) in [5, 5.41) is 3.29. The largest absolute Gasteiger partial charge is 0.450 e. The van der Waals surface area contributed by atoms with Gasteiger partial charge in [-0.3, -0.25) is 0 Å². The lowest BCUT2D eigenvalue weighted by Crippen LogP contribution is -2.43. The predicted octanol–water partition coefficient (Wildman–Crippen LogP) is 12.6. The number of halogens is 5. The van der Waals surface area contributed by atoms with Crippen molar-refractivity contribution < 1.29 is 36.6 Å². The maximum absolute atomic E-state index is 13.5. The zero-order valence-electron chi connectivity index (χ0n) is 37.4. The molecule has 67 heavy (non-hydrogen) atoms. The quantitative estimate of drug-likeness (QED) is 0.0793. The molecular weight excluding hydrogens is 876 g/mol. The number of carbonyl (C=O) groups is 2. The number of fused-ring (bicyclic) bond motifs is 4. The van der Waals surface area contributed by atoms with Crippen molar-refractivity contribution in [3.63, 3.8) is 0 Å². The van der Waals surface area contributed by atoms with Gasteiger partial charge >= 0.3 is 11.9 Å². The minimum Gasteiger partial charge on any atom is -0.450 e. The molecule has 0 radical (unpaired) electrons. The van der Waals surface area contributed by atoms with Crippen LogP contribution in [-0.2, 0) is 20.7 Å². The van der Waals surface area contributed by atoms with E-state index < -0.39 is 5.60 Å². The Morgan fingerprint density at radius 2 is 0.866 bits per heavy atom. The van der Waals surface area contributed by atoms with Crippen LogP contribution >= 0.6 is 11.6 Å². The predicted molar refractivity (Wildman–Crippen MR) is 253 cm³/mol. The van der Waals surface area contributed by atoms with Crippen LogP contribution in [0.5, 0.6) is 0 Å². The van der Waals surface area contributed by atoms with Gasteiger partial charge in [0.25, 0.3) is 0 Å². The number of benzene rings is 6. The molecule has 1 N–H and O–H groups in total. The number of hydrogen-bond donors (Lipinski definition) is 1. The molecule has 0 bridgehead atoms. The summed E-state index contributed by atoms with van der Waals surface area (Å²) in [6.45, 7) is 4.52. The average Bonchev–Trinajstić information content (AvgIpc) is 3.78. The standard InChI is InChI=1S/C28H27F2NO2.C16H15ClF2.C12H13NO2/c29-22-11-7-20(8-12-22)24(21-9-13-23(30)14-10-21)5-3-17-31-18-15-28(16-19-31)26-6-2-1-4-25(26)27(32)33-28;17-11-1-2-16(12-3-7-14(18)8-4-12)13-5-9-15(19)10-6-13;14-11-9-3-1-2-4-10(9)12(15-11)5-7-13-8-6-12/h1-2,4,6-14,24H,3,5,15-19H2;3-10,16H,1-2,11H2;1-4,13H,5-8H2. The lowest BCUT2D eigenvalue weighted by molar-refractivity contribution is -0.0430. The van der Waals surface area contributed by atoms with E-state index in [1.165, 1.54) is 48.5 Å². The molecule has 348 valence electrons. The topological polar surface area (TPSA) is 67.9 Å². The molecule has 11 heteroatoms. The fraction of sp³-hybridized carbons (Fsp3) is 0.321. The maximum Gasteiger partial charge on any atom is 0.339 e. The molecule has 2 saturated heterocycles. The van der Waals surface area contributed by atoms with Gasteiger partial charge in [-0.15, -0.1) is 11.6 Å². The molecule has 6 aromatic carbocycles. The van der Waals surface area contributed by atoms with Crippen LogP contribution in [0, 0.1) is 23.3 Å². The first-order chi connectivity index (χ1) is 32.6. The Labute approximate surface area is 395 Å². The van der Waals surface area contributed by atoms with E-state index in [9.17, 15) is 27.2 Å². The normalized spacial score (nSPS) is 16.7. The van der Waals surface area contributed by atoms with E-state index in [2.05, 4.69) is 10.2 Å². The zero-order chi connectivity index (χ0) is 46.8. The van der Waals surface area contributed by atoms with Gasteiger partial charge in [0.05, 0.1) is 11.1 Å². The highest BCUT2D eigenvalue weighted by Crippen LogP contribution is 2.45. The number of alkyl halides is 1. The van der Waals surface area contributed by atoms with Crippen molar-refractivity contribution in [2.24, 2.45) is 0 Å². The van der Waals surface area contributed by atoms with E-state index in [4.69, 9.17) is 21.1 Å². The molecule has 0 atom stereocenters. The van der Waals surface area contributed by atoms with E-state index in [1.807, 2.05) is 72.8 Å². The number of nitrogens with zero attached hydrogens (tertiary/aromatic N) is 1. The molecule has 6 aromatic rings. The molecule has 0 aromatic heterocycles. The van der Waals surface area contributed by atoms with Gasteiger partial charge in [0, 0.05) is 67.6 Å². The third-order valence-corrected chi connectivity index (χ3v) is 13.9. The van der Waals surface area contributed by atoms with Crippen molar-refractivity contribution in [1.29, 1.82) is 0 Å². The third-order valence-electron chi connectivity index (χ3n) is 13.6. The maximum atomic E-state index is 13.5. The number of ether oxygens (including phenoxy) is 2. The van der Waals surface area contributed by atoms with Crippen LogP contribution in [0.3, 0.4) is 0 Å². The summed E-state index contributed by atoms with van der Waals surface area (Å²) in [5.74, 6) is -0.587. The first-order valence-corrected chi connectivity index (χ1v) is 23.8. The van der Waals surface area contributed by atoms with Crippen molar-refractivity contribution >= 4 is 23.5 Å². The molecule has 0 aliphatic carbocycles. The van der Waals surface area contributed by atoms with Gasteiger partial charge in [-0.2, -0.15) is 0 Å². The minimum absolute atomic E-state index is 0.0880. The molecule has 4 heterocycles. The highest BCUT2D eigenvalue weighted by molar-refractivity contribution is 6.17. The second-order valence-electron chi connectivity index (χ2n) is 17.7. The SMILES string of the molecule is Fc1ccc(C(CCCCl)c2ccc(F)cc2)cc1.O=C1OC2(CCN(CCCC(c3ccc(F)cc3)c3ccc(F)cc3)CC2)c2ccccc21.O=C1OC2(CCNCC2)c2ccccc21. The number of piperidine rings is 2. The van der Waals surface area contributed by atoms with Crippen molar-refractivity contribution in [3.8, 4) is 0 Å². The first kappa shape index (κ1) is 47.7. The summed E-state index contributed by atoms with van der Waals surface area (Å²) in [6.07, 6.45) is 6.94. The third kappa shape index (κ3) is 11.3. The molecule has 6 nitrogen and oxygen atoms in total. The highest BCUT2D eigenvalue weighted by Gasteiger charge is 2.47. The zero-order valence-corrected chi connectivity index (χ0v) is 38.1. The second-order valence-corrected chi connectivity index (χ2v) is 18.1. The van der Waals surface area contributed by atoms with Crippen LogP contribution in [0.4, 0.5) is 17.6 Å². The molecule has 4 aliphatic heterocycles. The van der Waals surface area contributed by atoms with Gasteiger partial charge in [-0.05, 0) is 128 Å². The summed E-state index contributed by atoms with van der Waals surface area (Å²) in [4.78, 5) is 26.4. The van der Waals surface area contributed by atoms with Crippen molar-refractivity contribution in [3.05, 3.63) is 213 Å². The van der Waals surface area contributed by atoms with Gasteiger partial charge in [-0.1, -0.05) is 84.9 Å². The Balaban J connectivity index is 0.000000151. The van der Waals surface area contributed by atoms with Crippen LogP contribution < -0.4 is 5.32 Å². The van der Waals surface area contributed by atoms with E-state index in [0.717, 1.165) is 123 Å². The summed E-state index contributed by atoms with van der Waals surface area (Å²) in [5.41, 5.74) is 6.88. The molecule has 2 fully saturated rings. The van der Waals surface area contributed by atoms with E-state index in [1.54, 1.807) is 24.3 Å². The summed E-state index contributed by atoms with van der Waals surface area (Å²) in [7, 11) is 0. The lowest BCUT2D eigenvalue weighted by atomic mass is 9.83. The van der Waals surface area contributed by atoms with E-state index in [-0.39, 0.29) is 52.6 Å². The monoisotopic (exact) mass is 930 g/mol. The summed E-state index contributed by atoms with van der Waals surface area (Å²) in [6, 6.07) is 41.6. The number of nitrogens with one attached hydrogen (secondary N) is 1. The smallest absolute Gasteiger partial charge is 0.339 e. The molecule has 0 unspecified atom stereocenters. The first-order valence-electron chi connectivity index (χ1n) is 23.2. The Morgan fingerprint density at radius 1 is 0.507 bits per heavy atom.